The molecule has 4 nitrogen and oxygen atoms in total. The van der Waals surface area contributed by atoms with Gasteiger partial charge >= 0.3 is 0 Å². The van der Waals surface area contributed by atoms with Gasteiger partial charge in [0.15, 0.2) is 0 Å². The van der Waals surface area contributed by atoms with Crippen molar-refractivity contribution in [1.82, 2.24) is 4.98 Å². The molecule has 0 fully saturated rings. The monoisotopic (exact) mass is 310 g/mol. The molecule has 0 aliphatic heterocycles. The topological polar surface area (TPSA) is 62.2 Å². The molecule has 1 atom stereocenters. The second-order valence-corrected chi connectivity index (χ2v) is 4.97. The predicted molar refractivity (Wildman–Crippen MR) is 73.8 cm³/mol. The van der Waals surface area contributed by atoms with Gasteiger partial charge in [0.25, 0.3) is 0 Å². The zero-order chi connectivity index (χ0) is 14.5. The molecule has 2 aromatic rings. The number of hydrogen-bond donors (Lipinski definition) is 0. The lowest BCUT2D eigenvalue weighted by Crippen LogP contribution is -2.41. The molecule has 2 rings (SSSR count). The van der Waals surface area contributed by atoms with E-state index < -0.39 is 12.1 Å². The van der Waals surface area contributed by atoms with Crippen molar-refractivity contribution < 1.29 is 14.6 Å². The summed E-state index contributed by atoms with van der Waals surface area (Å²) < 4.78 is 5.38. The molecular formula is C14H10Cl2NO3-. The van der Waals surface area contributed by atoms with Crippen molar-refractivity contribution in [2.75, 3.05) is 0 Å². The molecule has 0 saturated heterocycles. The summed E-state index contributed by atoms with van der Waals surface area (Å²) in [6.07, 6.45) is 2.17. The van der Waals surface area contributed by atoms with Crippen LogP contribution < -0.4 is 9.84 Å². The van der Waals surface area contributed by atoms with Crippen LogP contribution in [0.5, 0.6) is 5.75 Å². The second-order valence-electron chi connectivity index (χ2n) is 4.10. The van der Waals surface area contributed by atoms with Crippen molar-refractivity contribution in [3.63, 3.8) is 0 Å². The number of hydrogen-bond acceptors (Lipinski definition) is 4. The SMILES string of the molecule is O=C([O-])C(Cc1cccnc1)Oc1cc(Cl)cc(Cl)c1. The van der Waals surface area contributed by atoms with Crippen LogP contribution in [-0.2, 0) is 11.2 Å². The van der Waals surface area contributed by atoms with Crippen LogP contribution in [0.4, 0.5) is 0 Å². The minimum atomic E-state index is -1.31. The first kappa shape index (κ1) is 14.6. The first-order valence-electron chi connectivity index (χ1n) is 5.77. The fourth-order valence-corrected chi connectivity index (χ4v) is 2.17. The third-order valence-corrected chi connectivity index (χ3v) is 2.96. The molecule has 0 saturated carbocycles. The molecule has 0 amide bonds. The highest BCUT2D eigenvalue weighted by molar-refractivity contribution is 6.34. The molecule has 0 aliphatic carbocycles. The Bertz CT molecular complexity index is 584. The second kappa shape index (κ2) is 6.59. The van der Waals surface area contributed by atoms with E-state index in [9.17, 15) is 9.90 Å². The van der Waals surface area contributed by atoms with Crippen LogP contribution in [0.1, 0.15) is 5.56 Å². The van der Waals surface area contributed by atoms with E-state index in [4.69, 9.17) is 27.9 Å². The molecule has 1 unspecified atom stereocenters. The maximum atomic E-state index is 11.2. The van der Waals surface area contributed by atoms with Crippen molar-refractivity contribution in [1.29, 1.82) is 0 Å². The van der Waals surface area contributed by atoms with Crippen molar-refractivity contribution in [3.8, 4) is 5.75 Å². The van der Waals surface area contributed by atoms with Gasteiger partial charge < -0.3 is 14.6 Å². The largest absolute Gasteiger partial charge is 0.546 e. The highest BCUT2D eigenvalue weighted by Crippen LogP contribution is 2.25. The highest BCUT2D eigenvalue weighted by atomic mass is 35.5. The number of carboxylic acids is 1. The summed E-state index contributed by atoms with van der Waals surface area (Å²) in [5.74, 6) is -1.04. The minimum absolute atomic E-state index is 0.139. The number of aromatic nitrogens is 1. The number of carbonyl (C=O) groups excluding carboxylic acids is 1. The Labute approximate surface area is 125 Å². The lowest BCUT2D eigenvalue weighted by Gasteiger charge is -2.20. The summed E-state index contributed by atoms with van der Waals surface area (Å²) in [5, 5.41) is 11.9. The zero-order valence-electron chi connectivity index (χ0n) is 10.3. The Morgan fingerprint density at radius 3 is 2.55 bits per heavy atom. The molecule has 20 heavy (non-hydrogen) atoms. The van der Waals surface area contributed by atoms with Gasteiger partial charge in [-0.1, -0.05) is 29.3 Å². The normalized spacial score (nSPS) is 11.9. The van der Waals surface area contributed by atoms with E-state index in [-0.39, 0.29) is 12.2 Å². The van der Waals surface area contributed by atoms with Crippen LogP contribution in [0, 0.1) is 0 Å². The van der Waals surface area contributed by atoms with Crippen LogP contribution in [0.15, 0.2) is 42.7 Å². The number of rotatable bonds is 5. The molecule has 0 aliphatic rings. The summed E-state index contributed by atoms with van der Waals surface area (Å²) in [6, 6.07) is 8.00. The molecule has 1 aromatic heterocycles. The van der Waals surface area contributed by atoms with Crippen molar-refractivity contribution >= 4 is 29.2 Å². The number of carbonyl (C=O) groups is 1. The van der Waals surface area contributed by atoms with E-state index >= 15 is 0 Å². The molecular weight excluding hydrogens is 301 g/mol. The Morgan fingerprint density at radius 2 is 2.00 bits per heavy atom. The number of nitrogens with zero attached hydrogens (tertiary/aromatic N) is 1. The summed E-state index contributed by atoms with van der Waals surface area (Å²) in [7, 11) is 0. The van der Waals surface area contributed by atoms with Crippen LogP contribution in [0.2, 0.25) is 10.0 Å². The van der Waals surface area contributed by atoms with E-state index in [1.807, 2.05) is 0 Å². The van der Waals surface area contributed by atoms with Gasteiger partial charge in [-0.05, 0) is 29.8 Å². The maximum Gasteiger partial charge on any atom is 0.142 e. The van der Waals surface area contributed by atoms with E-state index in [0.717, 1.165) is 5.56 Å². The Balaban J connectivity index is 2.15. The molecule has 1 aromatic carbocycles. The van der Waals surface area contributed by atoms with E-state index in [2.05, 4.69) is 4.98 Å². The smallest absolute Gasteiger partial charge is 0.142 e. The van der Waals surface area contributed by atoms with Crippen molar-refractivity contribution in [2.45, 2.75) is 12.5 Å². The first-order valence-corrected chi connectivity index (χ1v) is 6.52. The molecule has 0 N–H and O–H groups in total. The zero-order valence-corrected chi connectivity index (χ0v) is 11.8. The Hall–Kier alpha value is -1.78. The Kier molecular flexibility index (Phi) is 4.82. The number of carboxylic acid groups (broad SMARTS) is 1. The summed E-state index contributed by atoms with van der Waals surface area (Å²) in [4.78, 5) is 15.1. The van der Waals surface area contributed by atoms with E-state index in [1.54, 1.807) is 24.5 Å². The van der Waals surface area contributed by atoms with Crippen LogP contribution in [0.3, 0.4) is 0 Å². The van der Waals surface area contributed by atoms with E-state index in [0.29, 0.717) is 10.0 Å². The average molecular weight is 311 g/mol. The van der Waals surface area contributed by atoms with Gasteiger partial charge in [0.1, 0.15) is 11.9 Å². The van der Waals surface area contributed by atoms with Crippen LogP contribution >= 0.6 is 23.2 Å². The van der Waals surface area contributed by atoms with Gasteiger partial charge in [0.2, 0.25) is 0 Å². The fraction of sp³-hybridized carbons (Fsp3) is 0.143. The highest BCUT2D eigenvalue weighted by Gasteiger charge is 2.14. The summed E-state index contributed by atoms with van der Waals surface area (Å²) in [6.45, 7) is 0. The van der Waals surface area contributed by atoms with E-state index in [1.165, 1.54) is 18.2 Å². The Morgan fingerprint density at radius 1 is 1.30 bits per heavy atom. The van der Waals surface area contributed by atoms with Gasteiger partial charge in [-0.3, -0.25) is 4.98 Å². The fourth-order valence-electron chi connectivity index (χ4n) is 1.67. The molecule has 0 spiro atoms. The lowest BCUT2D eigenvalue weighted by atomic mass is 10.1. The number of pyridine rings is 1. The number of halogens is 2. The van der Waals surface area contributed by atoms with Gasteiger partial charge in [-0.25, -0.2) is 0 Å². The number of ether oxygens (including phenoxy) is 1. The quantitative estimate of drug-likeness (QED) is 0.848. The molecule has 0 bridgehead atoms. The molecule has 0 radical (unpaired) electrons. The van der Waals surface area contributed by atoms with Gasteiger partial charge in [-0.15, -0.1) is 0 Å². The van der Waals surface area contributed by atoms with Crippen molar-refractivity contribution in [3.05, 3.63) is 58.3 Å². The van der Waals surface area contributed by atoms with Gasteiger partial charge in [0.05, 0.1) is 5.97 Å². The standard InChI is InChI=1S/C14H11Cl2NO3/c15-10-5-11(16)7-12(6-10)20-13(14(18)19)4-9-2-1-3-17-8-9/h1-3,5-8,13H,4H2,(H,18,19)/p-1. The summed E-state index contributed by atoms with van der Waals surface area (Å²) >= 11 is 11.7. The van der Waals surface area contributed by atoms with Crippen LogP contribution in [0.25, 0.3) is 0 Å². The first-order chi connectivity index (χ1) is 9.54. The average Bonchev–Trinajstić information content (AvgIpc) is 2.38. The number of benzene rings is 1. The lowest BCUT2D eigenvalue weighted by molar-refractivity contribution is -0.313. The third kappa shape index (κ3) is 4.11. The number of aliphatic carboxylic acids is 1. The predicted octanol–water partition coefficient (Wildman–Crippen LogP) is 2.13. The summed E-state index contributed by atoms with van der Waals surface area (Å²) in [5.41, 5.74) is 0.731. The molecule has 104 valence electrons. The van der Waals surface area contributed by atoms with Gasteiger partial charge in [0, 0.05) is 28.9 Å². The molecule has 1 heterocycles. The third-order valence-electron chi connectivity index (χ3n) is 2.52. The van der Waals surface area contributed by atoms with Crippen LogP contribution in [-0.4, -0.2) is 17.1 Å². The minimum Gasteiger partial charge on any atom is -0.546 e. The molecule has 6 heteroatoms. The van der Waals surface area contributed by atoms with Gasteiger partial charge in [-0.2, -0.15) is 0 Å². The van der Waals surface area contributed by atoms with Crippen molar-refractivity contribution in [2.24, 2.45) is 0 Å². The maximum absolute atomic E-state index is 11.2.